The van der Waals surface area contributed by atoms with Crippen LogP contribution in [0.25, 0.3) is 0 Å². The number of benzene rings is 2. The molecule has 0 fully saturated rings. The molecule has 2 atom stereocenters. The van der Waals surface area contributed by atoms with E-state index in [4.69, 9.17) is 4.74 Å². The molecule has 2 aromatic rings. The normalized spacial score (nSPS) is 16.0. The monoisotopic (exact) mass is 447 g/mol. The van der Waals surface area contributed by atoms with Crippen LogP contribution in [0.15, 0.2) is 66.9 Å². The van der Waals surface area contributed by atoms with Gasteiger partial charge in [0.1, 0.15) is 11.5 Å². The Morgan fingerprint density at radius 1 is 1.09 bits per heavy atom. The van der Waals surface area contributed by atoms with Gasteiger partial charge in [-0.2, -0.15) is 0 Å². The Bertz CT molecular complexity index is 1030. The average molecular weight is 447 g/mol. The van der Waals surface area contributed by atoms with Gasteiger partial charge in [-0.1, -0.05) is 30.3 Å². The van der Waals surface area contributed by atoms with Crippen LogP contribution in [0.5, 0.6) is 11.5 Å². The van der Waals surface area contributed by atoms with Crippen LogP contribution in [0.2, 0.25) is 0 Å². The van der Waals surface area contributed by atoms with Gasteiger partial charge in [0, 0.05) is 19.3 Å². The second-order valence-corrected chi connectivity index (χ2v) is 6.86. The number of hydrogen-bond acceptors (Lipinski definition) is 5. The quantitative estimate of drug-likeness (QED) is 0.437. The predicted octanol–water partition coefficient (Wildman–Crippen LogP) is 1.57. The first-order valence-electron chi connectivity index (χ1n) is 9.44. The molecule has 162 valence electrons. The van der Waals surface area contributed by atoms with Gasteiger partial charge < -0.3 is 25.4 Å². The van der Waals surface area contributed by atoms with Crippen LogP contribution < -0.4 is 15.4 Å². The molecule has 0 spiro atoms. The van der Waals surface area contributed by atoms with Crippen LogP contribution in [0.1, 0.15) is 18.0 Å². The third-order valence-electron chi connectivity index (χ3n) is 4.54. The SMILES string of the molecule is CN1C=CC(=O)C(NC(=O)NC(CC(=O)O)c2cccc(Oc3ccccc3)c2)C1=O.[NaH]. The number of carbonyl (C=O) groups is 4. The predicted molar refractivity (Wildman–Crippen MR) is 117 cm³/mol. The first-order chi connectivity index (χ1) is 14.8. The van der Waals surface area contributed by atoms with E-state index in [-0.39, 0.29) is 29.6 Å². The van der Waals surface area contributed by atoms with Gasteiger partial charge >= 0.3 is 41.6 Å². The summed E-state index contributed by atoms with van der Waals surface area (Å²) in [6.45, 7) is 0. The molecule has 0 radical (unpaired) electrons. The molecule has 0 bridgehead atoms. The molecule has 3 amide bonds. The summed E-state index contributed by atoms with van der Waals surface area (Å²) in [4.78, 5) is 49.1. The molecule has 2 aromatic carbocycles. The summed E-state index contributed by atoms with van der Waals surface area (Å²) in [7, 11) is 1.46. The number of rotatable bonds is 7. The number of carbonyl (C=O) groups excluding carboxylic acids is 3. The topological polar surface area (TPSA) is 125 Å². The zero-order chi connectivity index (χ0) is 22.4. The number of amides is 3. The van der Waals surface area contributed by atoms with E-state index in [1.165, 1.54) is 24.2 Å². The van der Waals surface area contributed by atoms with E-state index >= 15 is 0 Å². The van der Waals surface area contributed by atoms with Crippen LogP contribution >= 0.6 is 0 Å². The maximum absolute atomic E-state index is 12.5. The molecular formula is C22H22N3NaO6. The second-order valence-electron chi connectivity index (χ2n) is 6.86. The second kappa shape index (κ2) is 11.5. The fourth-order valence-corrected chi connectivity index (χ4v) is 2.99. The number of likely N-dealkylation sites (N-methyl/N-ethyl adjacent to an activating group) is 1. The molecule has 0 aromatic heterocycles. The number of nitrogens with one attached hydrogen (secondary N) is 2. The number of nitrogens with zero attached hydrogens (tertiary/aromatic N) is 1. The Hall–Kier alpha value is -3.14. The van der Waals surface area contributed by atoms with E-state index in [0.29, 0.717) is 17.1 Å². The number of para-hydroxylation sites is 1. The fraction of sp³-hybridized carbons (Fsp3) is 0.182. The van der Waals surface area contributed by atoms with Crippen LogP contribution in [0.3, 0.4) is 0 Å². The Balaban J connectivity index is 0.00000363. The van der Waals surface area contributed by atoms with Gasteiger partial charge in [-0.3, -0.25) is 14.4 Å². The Morgan fingerprint density at radius 2 is 1.78 bits per heavy atom. The van der Waals surface area contributed by atoms with Crippen molar-refractivity contribution in [2.45, 2.75) is 18.5 Å². The van der Waals surface area contributed by atoms with Gasteiger partial charge in [-0.15, -0.1) is 0 Å². The van der Waals surface area contributed by atoms with Gasteiger partial charge in [-0.05, 0) is 29.8 Å². The number of urea groups is 1. The Labute approximate surface area is 206 Å². The standard InChI is InChI=1S/C22H21N3O6.Na.H/c1-25-11-10-18(26)20(21(25)29)24-22(30)23-17(13-19(27)28)14-6-5-9-16(12-14)31-15-7-3-2-4-8-15;;/h2-12,17,20H,13H2,1H3,(H,27,28)(H2,23,24,30);;. The summed E-state index contributed by atoms with van der Waals surface area (Å²) in [5.41, 5.74) is 0.490. The van der Waals surface area contributed by atoms with E-state index in [9.17, 15) is 24.3 Å². The molecule has 32 heavy (non-hydrogen) atoms. The summed E-state index contributed by atoms with van der Waals surface area (Å²) in [6, 6.07) is 12.6. The van der Waals surface area contributed by atoms with Crippen LogP contribution in [-0.4, -0.2) is 76.3 Å². The summed E-state index contributed by atoms with van der Waals surface area (Å²) in [5, 5.41) is 14.1. The summed E-state index contributed by atoms with van der Waals surface area (Å²) in [5.74, 6) is -1.22. The van der Waals surface area contributed by atoms with Crippen molar-refractivity contribution < 1.29 is 29.0 Å². The Morgan fingerprint density at radius 3 is 2.47 bits per heavy atom. The van der Waals surface area contributed by atoms with Gasteiger partial charge in [0.15, 0.2) is 11.8 Å². The van der Waals surface area contributed by atoms with E-state index in [1.54, 1.807) is 36.4 Å². The fourth-order valence-electron chi connectivity index (χ4n) is 2.99. The van der Waals surface area contributed by atoms with Crippen LogP contribution in [0.4, 0.5) is 4.79 Å². The number of carboxylic acids is 1. The van der Waals surface area contributed by atoms with Crippen molar-refractivity contribution in [2.75, 3.05) is 7.05 Å². The zero-order valence-corrected chi connectivity index (χ0v) is 16.6. The molecule has 0 aliphatic carbocycles. The van der Waals surface area contributed by atoms with Crippen molar-refractivity contribution in [3.8, 4) is 11.5 Å². The van der Waals surface area contributed by atoms with Crippen LogP contribution in [0, 0.1) is 0 Å². The molecule has 10 heteroatoms. The number of carboxylic acid groups (broad SMARTS) is 1. The van der Waals surface area contributed by atoms with Gasteiger partial charge in [-0.25, -0.2) is 4.79 Å². The van der Waals surface area contributed by atoms with Crippen molar-refractivity contribution in [3.05, 3.63) is 72.4 Å². The van der Waals surface area contributed by atoms with Crippen molar-refractivity contribution in [3.63, 3.8) is 0 Å². The average Bonchev–Trinajstić information content (AvgIpc) is 2.74. The van der Waals surface area contributed by atoms with Gasteiger partial charge in [0.05, 0.1) is 12.5 Å². The third kappa shape index (κ3) is 6.68. The van der Waals surface area contributed by atoms with Crippen molar-refractivity contribution in [1.29, 1.82) is 0 Å². The number of ketones is 1. The van der Waals surface area contributed by atoms with Gasteiger partial charge in [0.25, 0.3) is 5.91 Å². The molecule has 1 aliphatic rings. The molecular weight excluding hydrogens is 425 g/mol. The van der Waals surface area contributed by atoms with Crippen molar-refractivity contribution >= 4 is 53.2 Å². The first-order valence-corrected chi connectivity index (χ1v) is 9.44. The molecule has 3 N–H and O–H groups in total. The minimum absolute atomic E-state index is 0. The third-order valence-corrected chi connectivity index (χ3v) is 4.54. The van der Waals surface area contributed by atoms with E-state index in [0.717, 1.165) is 0 Å². The molecule has 3 rings (SSSR count). The van der Waals surface area contributed by atoms with E-state index in [2.05, 4.69) is 10.6 Å². The first kappa shape index (κ1) is 25.1. The molecule has 0 saturated carbocycles. The summed E-state index contributed by atoms with van der Waals surface area (Å²) < 4.78 is 5.76. The minimum atomic E-state index is -1.37. The summed E-state index contributed by atoms with van der Waals surface area (Å²) >= 11 is 0. The van der Waals surface area contributed by atoms with Crippen LogP contribution in [-0.2, 0) is 14.4 Å². The maximum atomic E-state index is 12.5. The Kier molecular flexibility index (Phi) is 9.01. The molecule has 9 nitrogen and oxygen atoms in total. The van der Waals surface area contributed by atoms with E-state index in [1.807, 2.05) is 18.2 Å². The number of aliphatic carboxylic acids is 1. The zero-order valence-electron chi connectivity index (χ0n) is 16.6. The van der Waals surface area contributed by atoms with E-state index < -0.39 is 42.2 Å². The number of ether oxygens (including phenoxy) is 1. The van der Waals surface area contributed by atoms with Gasteiger partial charge in [0.2, 0.25) is 0 Å². The van der Waals surface area contributed by atoms with Crippen molar-refractivity contribution in [1.82, 2.24) is 15.5 Å². The summed E-state index contributed by atoms with van der Waals surface area (Å²) in [6.07, 6.45) is 2.09. The molecule has 1 aliphatic heterocycles. The van der Waals surface area contributed by atoms with Crippen molar-refractivity contribution in [2.24, 2.45) is 0 Å². The molecule has 2 unspecified atom stereocenters. The number of hydrogen-bond donors (Lipinski definition) is 3. The molecule has 1 heterocycles. The molecule has 0 saturated heterocycles.